The van der Waals surface area contributed by atoms with E-state index in [-0.39, 0.29) is 60.6 Å². The minimum atomic E-state index is -0.777. The molecule has 6 aromatic carbocycles. The Labute approximate surface area is 465 Å². The van der Waals surface area contributed by atoms with Crippen molar-refractivity contribution >= 4 is 52.5 Å². The molecule has 0 radical (unpaired) electrons. The van der Waals surface area contributed by atoms with E-state index in [1.165, 1.54) is 0 Å². The molecule has 0 fully saturated rings. The number of hydrogen-bond donors (Lipinski definition) is 9. The van der Waals surface area contributed by atoms with Crippen molar-refractivity contribution in [1.29, 1.82) is 0 Å². The van der Waals surface area contributed by atoms with Crippen molar-refractivity contribution in [3.05, 3.63) is 196 Å². The Morgan fingerprint density at radius 1 is 0.354 bits per heavy atom. The van der Waals surface area contributed by atoms with Crippen LogP contribution in [-0.4, -0.2) is 73.2 Å². The summed E-state index contributed by atoms with van der Waals surface area (Å²) in [5, 5.41) is 17.9. The van der Waals surface area contributed by atoms with Gasteiger partial charge in [0, 0.05) is 23.0 Å². The Morgan fingerprint density at radius 3 is 0.848 bits per heavy atom. The molecule has 0 aliphatic carbocycles. The predicted molar refractivity (Wildman–Crippen MR) is 315 cm³/mol. The van der Waals surface area contributed by atoms with Crippen LogP contribution in [-0.2, 0) is 48.0 Å². The van der Waals surface area contributed by atoms with Gasteiger partial charge in [0.2, 0.25) is 35.4 Å². The molecule has 0 spiro atoms. The minimum Gasteiger partial charge on any atom is -0.344 e. The summed E-state index contributed by atoms with van der Waals surface area (Å²) in [6.45, 7) is 7.27. The molecule has 6 rings (SSSR count). The van der Waals surface area contributed by atoms with Crippen LogP contribution in [0, 0.1) is 20.8 Å². The quantitative estimate of drug-likeness (QED) is 0.0156. The Bertz CT molecular complexity index is 2630. The summed E-state index contributed by atoms with van der Waals surface area (Å²) in [7, 11) is 0. The summed E-state index contributed by atoms with van der Waals surface area (Å²) in [6, 6.07) is 43.2. The number of hydrogen-bond acceptors (Lipinski definition) is 9. The number of nitrogens with one attached hydrogen (secondary N) is 6. The molecule has 0 bridgehead atoms. The zero-order chi connectivity index (χ0) is 56.5. The first-order valence-electron chi connectivity index (χ1n) is 27.6. The van der Waals surface area contributed by atoms with Crippen LogP contribution in [0.15, 0.2) is 146 Å². The zero-order valence-corrected chi connectivity index (χ0v) is 46.0. The molecule has 0 saturated carbocycles. The van der Waals surface area contributed by atoms with E-state index in [0.29, 0.717) is 94.5 Å². The largest absolute Gasteiger partial charge is 0.344 e. The van der Waals surface area contributed by atoms with Crippen LogP contribution < -0.4 is 49.1 Å². The van der Waals surface area contributed by atoms with Gasteiger partial charge in [-0.3, -0.25) is 28.8 Å². The summed E-state index contributed by atoms with van der Waals surface area (Å²) < 4.78 is 0. The summed E-state index contributed by atoms with van der Waals surface area (Å²) in [5.41, 5.74) is 27.3. The molecule has 0 heterocycles. The van der Waals surface area contributed by atoms with Crippen molar-refractivity contribution in [3.8, 4) is 0 Å². The Morgan fingerprint density at radius 2 is 0.608 bits per heavy atom. The van der Waals surface area contributed by atoms with Crippen LogP contribution in [0.1, 0.15) is 114 Å². The Balaban J connectivity index is 1.23. The summed E-state index contributed by atoms with van der Waals surface area (Å²) in [5.74, 6) is -2.12. The fraction of sp³-hybridized carbons (Fsp3) is 0.344. The molecule has 0 aliphatic heterocycles. The van der Waals surface area contributed by atoms with Crippen molar-refractivity contribution in [3.63, 3.8) is 0 Å². The summed E-state index contributed by atoms with van der Waals surface area (Å²) in [4.78, 5) is 81.4. The fourth-order valence-electron chi connectivity index (χ4n) is 9.51. The van der Waals surface area contributed by atoms with E-state index >= 15 is 0 Å². The third-order valence-corrected chi connectivity index (χ3v) is 14.2. The van der Waals surface area contributed by atoms with Crippen LogP contribution in [0.3, 0.4) is 0 Å². The first-order chi connectivity index (χ1) is 38.2. The highest BCUT2D eigenvalue weighted by Crippen LogP contribution is 2.34. The first-order valence-corrected chi connectivity index (χ1v) is 27.6. The molecule has 12 N–H and O–H groups in total. The minimum absolute atomic E-state index is 0.149. The number of carbonyl (C=O) groups excluding carboxylic acids is 6. The maximum absolute atomic E-state index is 13.9. The highest BCUT2D eigenvalue weighted by atomic mass is 16.2. The SMILES string of the molecule is Cc1ccccc1CC(=O)N[C@@H](CCCCN)C(=O)Nc1ccc(C(c2ccc(NC(=O)[C@H](CCCCN)NC(=O)Cc3ccccc3C)cc2)c2ccc(NC(=O)[C@H](CCCCN)NC(=O)Cc3ccccc3C)cc2)cc1. The van der Waals surface area contributed by atoms with Gasteiger partial charge < -0.3 is 49.1 Å². The van der Waals surface area contributed by atoms with Crippen molar-refractivity contribution in [1.82, 2.24) is 16.0 Å². The maximum Gasteiger partial charge on any atom is 0.246 e. The number of rotatable bonds is 30. The molecular formula is C64H79N9O6. The smallest absolute Gasteiger partial charge is 0.246 e. The number of anilines is 3. The third kappa shape index (κ3) is 19.2. The standard InChI is InChI=1S/C64H79N9O6/c1-43-16-4-7-19-49(43)40-58(74)71-55(22-10-13-37-65)62(77)68-52-31-25-46(26-32-52)61(47-27-33-53(34-28-47)69-63(78)56(23-11-14-38-66)72-59(75)41-50-20-8-5-17-44(50)2)48-29-35-54(36-30-48)70-64(79)57(24-12-15-39-67)73-60(76)42-51-21-9-6-18-45(51)3/h4-9,16-21,25-36,55-57,61H,10-15,22-24,37-42,65-67H2,1-3H3,(H,68,77)(H,69,78)(H,70,79)(H,71,74)(H,72,75)(H,73,76)/t55-,56-,57-/m0/s1. The molecule has 15 nitrogen and oxygen atoms in total. The average molecular weight is 1070 g/mol. The molecule has 0 aromatic heterocycles. The van der Waals surface area contributed by atoms with E-state index in [1.54, 1.807) is 0 Å². The summed E-state index contributed by atoms with van der Waals surface area (Å²) in [6.07, 6.45) is 5.81. The highest BCUT2D eigenvalue weighted by molar-refractivity contribution is 5.99. The van der Waals surface area contributed by atoms with Crippen LogP contribution in [0.4, 0.5) is 17.1 Å². The number of carbonyl (C=O) groups is 6. The molecular weight excluding hydrogens is 991 g/mol. The molecule has 6 amide bonds. The second-order valence-electron chi connectivity index (χ2n) is 20.3. The Hall–Kier alpha value is -7.98. The second-order valence-corrected chi connectivity index (χ2v) is 20.3. The van der Waals surface area contributed by atoms with Gasteiger partial charge >= 0.3 is 0 Å². The zero-order valence-electron chi connectivity index (χ0n) is 46.0. The lowest BCUT2D eigenvalue weighted by atomic mass is 9.85. The lowest BCUT2D eigenvalue weighted by Gasteiger charge is -2.22. The van der Waals surface area contributed by atoms with Crippen LogP contribution in [0.25, 0.3) is 0 Å². The van der Waals surface area contributed by atoms with Crippen LogP contribution in [0.2, 0.25) is 0 Å². The number of unbranched alkanes of at least 4 members (excludes halogenated alkanes) is 3. The molecule has 0 aliphatic rings. The molecule has 416 valence electrons. The summed E-state index contributed by atoms with van der Waals surface area (Å²) >= 11 is 0. The van der Waals surface area contributed by atoms with Crippen molar-refractivity contribution < 1.29 is 28.8 Å². The molecule has 15 heteroatoms. The highest BCUT2D eigenvalue weighted by Gasteiger charge is 2.26. The van der Waals surface area contributed by atoms with Gasteiger partial charge in [-0.25, -0.2) is 0 Å². The number of benzene rings is 6. The van der Waals surface area contributed by atoms with Crippen LogP contribution in [0.5, 0.6) is 0 Å². The second kappa shape index (κ2) is 31.4. The molecule has 6 aromatic rings. The Kier molecular flexibility index (Phi) is 24.0. The number of aryl methyl sites for hydroxylation is 3. The fourth-order valence-corrected chi connectivity index (χ4v) is 9.51. The lowest BCUT2D eigenvalue weighted by Crippen LogP contribution is -2.44. The monoisotopic (exact) mass is 1070 g/mol. The normalized spacial score (nSPS) is 12.2. The van der Waals surface area contributed by atoms with Gasteiger partial charge in [0.25, 0.3) is 0 Å². The van der Waals surface area contributed by atoms with E-state index in [4.69, 9.17) is 17.2 Å². The topological polar surface area (TPSA) is 253 Å². The third-order valence-electron chi connectivity index (χ3n) is 14.2. The van der Waals surface area contributed by atoms with E-state index in [0.717, 1.165) is 50.1 Å². The van der Waals surface area contributed by atoms with Gasteiger partial charge in [-0.2, -0.15) is 0 Å². The molecule has 79 heavy (non-hydrogen) atoms. The molecule has 0 saturated heterocycles. The van der Waals surface area contributed by atoms with Gasteiger partial charge in [0.1, 0.15) is 18.1 Å². The van der Waals surface area contributed by atoms with Gasteiger partial charge in [-0.1, -0.05) is 109 Å². The number of amides is 6. The van der Waals surface area contributed by atoms with Crippen molar-refractivity contribution in [2.45, 2.75) is 122 Å². The first kappa shape index (κ1) is 60.3. The van der Waals surface area contributed by atoms with E-state index in [2.05, 4.69) is 31.9 Å². The maximum atomic E-state index is 13.9. The van der Waals surface area contributed by atoms with Crippen LogP contribution >= 0.6 is 0 Å². The van der Waals surface area contributed by atoms with Crippen molar-refractivity contribution in [2.24, 2.45) is 17.2 Å². The molecule has 3 atom stereocenters. The van der Waals surface area contributed by atoms with E-state index < -0.39 is 18.1 Å². The average Bonchev–Trinajstić information content (AvgIpc) is 3.45. The van der Waals surface area contributed by atoms with E-state index in [1.807, 2.05) is 166 Å². The predicted octanol–water partition coefficient (Wildman–Crippen LogP) is 8.18. The van der Waals surface area contributed by atoms with Gasteiger partial charge in [0.05, 0.1) is 19.3 Å². The van der Waals surface area contributed by atoms with Gasteiger partial charge in [-0.05, 0) is 185 Å². The molecule has 0 unspecified atom stereocenters. The van der Waals surface area contributed by atoms with Gasteiger partial charge in [0.15, 0.2) is 0 Å². The number of nitrogens with two attached hydrogens (primary N) is 3. The van der Waals surface area contributed by atoms with E-state index in [9.17, 15) is 28.8 Å². The van der Waals surface area contributed by atoms with Gasteiger partial charge in [-0.15, -0.1) is 0 Å². The lowest BCUT2D eigenvalue weighted by molar-refractivity contribution is -0.126. The van der Waals surface area contributed by atoms with Crippen molar-refractivity contribution in [2.75, 3.05) is 35.6 Å².